The van der Waals surface area contributed by atoms with E-state index >= 15 is 0 Å². The minimum absolute atomic E-state index is 0.0159. The number of nitrogens with one attached hydrogen (secondary N) is 2. The highest BCUT2D eigenvalue weighted by atomic mass is 32.2. The zero-order valence-corrected chi connectivity index (χ0v) is 17.9. The van der Waals surface area contributed by atoms with Crippen LogP contribution in [0.15, 0.2) is 40.6 Å². The lowest BCUT2D eigenvalue weighted by atomic mass is 10.0. The maximum absolute atomic E-state index is 12.7. The second kappa shape index (κ2) is 9.07. The molecule has 6 nitrogen and oxygen atoms in total. The van der Waals surface area contributed by atoms with E-state index in [1.54, 1.807) is 17.5 Å². The number of sulfonamides is 1. The second-order valence-electron chi connectivity index (χ2n) is 7.39. The number of hydrogen-bond donors (Lipinski definition) is 2. The van der Waals surface area contributed by atoms with Crippen LogP contribution in [0, 0.1) is 12.8 Å². The van der Waals surface area contributed by atoms with E-state index in [1.807, 2.05) is 19.1 Å². The molecule has 28 heavy (non-hydrogen) atoms. The van der Waals surface area contributed by atoms with Crippen molar-refractivity contribution in [3.05, 3.63) is 46.2 Å². The average Bonchev–Trinajstić information content (AvgIpc) is 3.14. The van der Waals surface area contributed by atoms with Gasteiger partial charge in [0.1, 0.15) is 9.77 Å². The summed E-state index contributed by atoms with van der Waals surface area (Å²) in [4.78, 5) is 15.1. The number of likely N-dealkylation sites (tertiary alicyclic amines) is 1. The van der Waals surface area contributed by atoms with Crippen LogP contribution < -0.4 is 10.0 Å². The van der Waals surface area contributed by atoms with Crippen LogP contribution in [0.1, 0.15) is 35.0 Å². The molecule has 152 valence electrons. The molecule has 1 unspecified atom stereocenters. The minimum atomic E-state index is -3.82. The molecule has 2 N–H and O–H groups in total. The van der Waals surface area contributed by atoms with Crippen LogP contribution in [-0.4, -0.2) is 45.4 Å². The maximum Gasteiger partial charge on any atom is 0.263 e. The summed E-state index contributed by atoms with van der Waals surface area (Å²) in [7, 11) is -3.82. The first-order chi connectivity index (χ1) is 13.3. The molecule has 1 aromatic carbocycles. The summed E-state index contributed by atoms with van der Waals surface area (Å²) in [5.41, 5.74) is 1.52. The van der Waals surface area contributed by atoms with Crippen molar-refractivity contribution < 1.29 is 13.2 Å². The van der Waals surface area contributed by atoms with Gasteiger partial charge in [0, 0.05) is 25.3 Å². The summed E-state index contributed by atoms with van der Waals surface area (Å²) in [6, 6.07) is 8.56. The van der Waals surface area contributed by atoms with Gasteiger partial charge in [-0.1, -0.05) is 24.6 Å². The number of carbonyl (C=O) groups excluding carboxylic acids is 1. The Bertz CT molecular complexity index is 907. The molecule has 1 saturated heterocycles. The van der Waals surface area contributed by atoms with Gasteiger partial charge in [0.2, 0.25) is 0 Å². The number of benzene rings is 1. The number of anilines is 1. The fraction of sp³-hybridized carbons (Fsp3) is 0.450. The molecule has 1 aromatic heterocycles. The van der Waals surface area contributed by atoms with Gasteiger partial charge in [0.15, 0.2) is 0 Å². The Morgan fingerprint density at radius 3 is 2.71 bits per heavy atom. The van der Waals surface area contributed by atoms with Crippen molar-refractivity contribution in [2.45, 2.75) is 31.6 Å². The number of rotatable bonds is 7. The monoisotopic (exact) mass is 421 g/mol. The second-order valence-corrected chi connectivity index (χ2v) is 9.96. The van der Waals surface area contributed by atoms with Crippen molar-refractivity contribution in [1.29, 1.82) is 0 Å². The van der Waals surface area contributed by atoms with Gasteiger partial charge in [0.25, 0.3) is 15.9 Å². The Balaban J connectivity index is 1.61. The lowest BCUT2D eigenvalue weighted by Crippen LogP contribution is -2.40. The summed E-state index contributed by atoms with van der Waals surface area (Å²) in [5, 5.41) is 4.50. The van der Waals surface area contributed by atoms with Gasteiger partial charge in [-0.25, -0.2) is 8.42 Å². The fourth-order valence-electron chi connectivity index (χ4n) is 3.40. The van der Waals surface area contributed by atoms with Crippen molar-refractivity contribution in [3.8, 4) is 0 Å². The number of nitrogens with zero attached hydrogens (tertiary/aromatic N) is 1. The van der Waals surface area contributed by atoms with Gasteiger partial charge in [-0.15, -0.1) is 11.3 Å². The molecular weight excluding hydrogens is 394 g/mol. The first kappa shape index (κ1) is 20.8. The molecule has 0 radical (unpaired) electrons. The van der Waals surface area contributed by atoms with Crippen LogP contribution in [0.3, 0.4) is 0 Å². The Morgan fingerprint density at radius 2 is 2.00 bits per heavy atom. The molecule has 1 amide bonds. The summed E-state index contributed by atoms with van der Waals surface area (Å²) in [5.74, 6) is 0.343. The summed E-state index contributed by atoms with van der Waals surface area (Å²) in [6.07, 6.45) is 2.44. The third-order valence-electron chi connectivity index (χ3n) is 4.88. The quantitative estimate of drug-likeness (QED) is 0.719. The van der Waals surface area contributed by atoms with Crippen LogP contribution in [0.2, 0.25) is 0 Å². The predicted molar refractivity (Wildman–Crippen MR) is 113 cm³/mol. The largest absolute Gasteiger partial charge is 0.350 e. The van der Waals surface area contributed by atoms with Crippen LogP contribution in [0.4, 0.5) is 5.69 Å². The molecule has 0 bridgehead atoms. The van der Waals surface area contributed by atoms with Crippen molar-refractivity contribution in [2.75, 3.05) is 30.9 Å². The van der Waals surface area contributed by atoms with Gasteiger partial charge in [-0.3, -0.25) is 9.52 Å². The molecule has 1 fully saturated rings. The summed E-state index contributed by atoms with van der Waals surface area (Å²) < 4.78 is 28.0. The van der Waals surface area contributed by atoms with Gasteiger partial charge in [0.05, 0.1) is 0 Å². The molecule has 0 saturated carbocycles. The third-order valence-corrected chi connectivity index (χ3v) is 7.35. The zero-order chi connectivity index (χ0) is 20.1. The fourth-order valence-corrected chi connectivity index (χ4v) is 5.81. The van der Waals surface area contributed by atoms with Crippen LogP contribution >= 0.6 is 11.3 Å². The van der Waals surface area contributed by atoms with E-state index in [-0.39, 0.29) is 15.7 Å². The van der Waals surface area contributed by atoms with Crippen molar-refractivity contribution in [3.63, 3.8) is 0 Å². The molecule has 0 aliphatic carbocycles. The standard InChI is InChI=1S/C20H27N3O3S2/c1-15-5-7-17(8-6-15)22-28(25,26)18-9-13-27-19(18)20(24)21-10-12-23-11-3-4-16(2)14-23/h5-9,13,16,22H,3-4,10-12,14H2,1-2H3,(H,21,24). The van der Waals surface area contributed by atoms with Gasteiger partial charge in [-0.2, -0.15) is 0 Å². The van der Waals surface area contributed by atoms with E-state index < -0.39 is 10.0 Å². The molecule has 2 heterocycles. The van der Waals surface area contributed by atoms with Gasteiger partial charge in [-0.05, 0) is 55.8 Å². The Kier molecular flexibility index (Phi) is 6.74. The normalized spacial score (nSPS) is 18.0. The lowest BCUT2D eigenvalue weighted by Gasteiger charge is -2.30. The molecule has 1 aliphatic heterocycles. The van der Waals surface area contributed by atoms with Gasteiger partial charge >= 0.3 is 0 Å². The highest BCUT2D eigenvalue weighted by molar-refractivity contribution is 7.93. The van der Waals surface area contributed by atoms with E-state index in [0.717, 1.165) is 36.5 Å². The minimum Gasteiger partial charge on any atom is -0.350 e. The maximum atomic E-state index is 12.7. The Morgan fingerprint density at radius 1 is 1.25 bits per heavy atom. The van der Waals surface area contributed by atoms with E-state index in [0.29, 0.717) is 18.2 Å². The number of aryl methyl sites for hydroxylation is 1. The Labute approximate surface area is 171 Å². The predicted octanol–water partition coefficient (Wildman–Crippen LogP) is 3.32. The van der Waals surface area contributed by atoms with E-state index in [1.165, 1.54) is 18.9 Å². The summed E-state index contributed by atoms with van der Waals surface area (Å²) in [6.45, 7) is 7.58. The SMILES string of the molecule is Cc1ccc(NS(=O)(=O)c2ccsc2C(=O)NCCN2CCCC(C)C2)cc1. The molecule has 1 aliphatic rings. The van der Waals surface area contributed by atoms with Crippen molar-refractivity contribution >= 4 is 33.0 Å². The van der Waals surface area contributed by atoms with E-state index in [4.69, 9.17) is 0 Å². The first-order valence-electron chi connectivity index (χ1n) is 9.52. The number of carbonyl (C=O) groups is 1. The zero-order valence-electron chi connectivity index (χ0n) is 16.3. The van der Waals surface area contributed by atoms with Crippen molar-refractivity contribution in [2.24, 2.45) is 5.92 Å². The third kappa shape index (κ3) is 5.33. The van der Waals surface area contributed by atoms with Gasteiger partial charge < -0.3 is 10.2 Å². The topological polar surface area (TPSA) is 78.5 Å². The van der Waals surface area contributed by atoms with Crippen LogP contribution in [0.5, 0.6) is 0 Å². The van der Waals surface area contributed by atoms with Crippen LogP contribution in [0.25, 0.3) is 0 Å². The highest BCUT2D eigenvalue weighted by Gasteiger charge is 2.24. The van der Waals surface area contributed by atoms with Crippen LogP contribution in [-0.2, 0) is 10.0 Å². The lowest BCUT2D eigenvalue weighted by molar-refractivity contribution is 0.0945. The molecule has 2 aromatic rings. The molecule has 3 rings (SSSR count). The molecule has 1 atom stereocenters. The summed E-state index contributed by atoms with van der Waals surface area (Å²) >= 11 is 1.14. The smallest absolute Gasteiger partial charge is 0.263 e. The first-order valence-corrected chi connectivity index (χ1v) is 11.9. The number of amides is 1. The number of thiophene rings is 1. The van der Waals surface area contributed by atoms with Crippen molar-refractivity contribution in [1.82, 2.24) is 10.2 Å². The Hall–Kier alpha value is -1.90. The highest BCUT2D eigenvalue weighted by Crippen LogP contribution is 2.24. The number of hydrogen-bond acceptors (Lipinski definition) is 5. The number of piperidine rings is 1. The molecule has 0 spiro atoms. The van der Waals surface area contributed by atoms with E-state index in [2.05, 4.69) is 21.9 Å². The molecular formula is C20H27N3O3S2. The van der Waals surface area contributed by atoms with E-state index in [9.17, 15) is 13.2 Å². The molecule has 8 heteroatoms. The average molecular weight is 422 g/mol.